The number of amides is 2. The van der Waals surface area contributed by atoms with E-state index in [1.165, 1.54) is 0 Å². The number of carbonyl (C=O) groups excluding carboxylic acids is 2. The summed E-state index contributed by atoms with van der Waals surface area (Å²) >= 11 is 0. The number of nitrogens with zero attached hydrogens (tertiary/aromatic N) is 1. The maximum absolute atomic E-state index is 12.6. The normalized spacial score (nSPS) is 17.8. The fourth-order valence-corrected chi connectivity index (χ4v) is 3.24. The van der Waals surface area contributed by atoms with Gasteiger partial charge in [0.1, 0.15) is 5.75 Å². The number of hydrogen-bond donors (Lipinski definition) is 1. The Bertz CT molecular complexity index is 759. The van der Waals surface area contributed by atoms with Gasteiger partial charge < -0.3 is 15.0 Å². The molecule has 1 heterocycles. The molecule has 5 nitrogen and oxygen atoms in total. The number of benzene rings is 2. The smallest absolute Gasteiger partial charge is 0.229 e. The maximum atomic E-state index is 12.6. The molecule has 136 valence electrons. The van der Waals surface area contributed by atoms with Gasteiger partial charge in [-0.2, -0.15) is 0 Å². The van der Waals surface area contributed by atoms with Gasteiger partial charge in [0, 0.05) is 18.7 Å². The molecular weight excluding hydrogens is 328 g/mol. The summed E-state index contributed by atoms with van der Waals surface area (Å²) < 4.78 is 5.40. The van der Waals surface area contributed by atoms with Crippen LogP contribution in [0.4, 0.5) is 5.69 Å². The Morgan fingerprint density at radius 3 is 2.54 bits per heavy atom. The third kappa shape index (κ3) is 4.04. The second-order valence-corrected chi connectivity index (χ2v) is 6.48. The summed E-state index contributed by atoms with van der Waals surface area (Å²) in [6, 6.07) is 17.1. The van der Waals surface area contributed by atoms with Gasteiger partial charge in [-0.05, 0) is 43.7 Å². The van der Waals surface area contributed by atoms with Crippen molar-refractivity contribution < 1.29 is 14.3 Å². The van der Waals surface area contributed by atoms with Crippen LogP contribution in [0.25, 0.3) is 0 Å². The number of nitrogens with one attached hydrogen (secondary N) is 1. The molecule has 0 saturated carbocycles. The Kier molecular flexibility index (Phi) is 5.56. The number of anilines is 1. The van der Waals surface area contributed by atoms with Crippen LogP contribution in [0.15, 0.2) is 54.6 Å². The summed E-state index contributed by atoms with van der Waals surface area (Å²) in [5, 5.41) is 2.90. The predicted octanol–water partition coefficient (Wildman–Crippen LogP) is 3.63. The van der Waals surface area contributed by atoms with Gasteiger partial charge in [-0.25, -0.2) is 0 Å². The largest absolute Gasteiger partial charge is 0.494 e. The Morgan fingerprint density at radius 2 is 1.88 bits per heavy atom. The molecule has 2 amide bonds. The van der Waals surface area contributed by atoms with Gasteiger partial charge in [0.25, 0.3) is 0 Å². The summed E-state index contributed by atoms with van der Waals surface area (Å²) in [6.07, 6.45) is 0.250. The first-order valence-electron chi connectivity index (χ1n) is 8.96. The molecule has 26 heavy (non-hydrogen) atoms. The topological polar surface area (TPSA) is 58.6 Å². The lowest BCUT2D eigenvalue weighted by Crippen LogP contribution is -2.30. The first kappa shape index (κ1) is 18.0. The van der Waals surface area contributed by atoms with Crippen molar-refractivity contribution in [1.29, 1.82) is 0 Å². The molecule has 0 bridgehead atoms. The monoisotopic (exact) mass is 352 g/mol. The highest BCUT2D eigenvalue weighted by Crippen LogP contribution is 2.29. The molecule has 0 aliphatic carbocycles. The van der Waals surface area contributed by atoms with Crippen LogP contribution in [0.5, 0.6) is 5.75 Å². The minimum atomic E-state index is -0.333. The lowest BCUT2D eigenvalue weighted by Gasteiger charge is -2.25. The molecule has 0 aromatic heterocycles. The van der Waals surface area contributed by atoms with Crippen LogP contribution < -0.4 is 10.1 Å². The Hall–Kier alpha value is -2.82. The van der Waals surface area contributed by atoms with Crippen molar-refractivity contribution in [1.82, 2.24) is 4.90 Å². The molecule has 0 spiro atoms. The quantitative estimate of drug-likeness (QED) is 0.864. The second kappa shape index (κ2) is 8.04. The number of ether oxygens (including phenoxy) is 1. The van der Waals surface area contributed by atoms with Crippen molar-refractivity contribution >= 4 is 17.5 Å². The number of rotatable bonds is 6. The van der Waals surface area contributed by atoms with E-state index in [1.54, 1.807) is 4.90 Å². The molecule has 1 fully saturated rings. The molecule has 1 N–H and O–H groups in total. The Balaban J connectivity index is 1.61. The van der Waals surface area contributed by atoms with Crippen LogP contribution in [0.3, 0.4) is 0 Å². The molecule has 1 aliphatic heterocycles. The lowest BCUT2D eigenvalue weighted by atomic mass is 10.1. The van der Waals surface area contributed by atoms with E-state index in [4.69, 9.17) is 4.74 Å². The summed E-state index contributed by atoms with van der Waals surface area (Å²) in [4.78, 5) is 26.7. The van der Waals surface area contributed by atoms with Crippen molar-refractivity contribution in [2.75, 3.05) is 18.5 Å². The zero-order valence-corrected chi connectivity index (χ0v) is 15.1. The third-order valence-electron chi connectivity index (χ3n) is 4.71. The zero-order chi connectivity index (χ0) is 18.5. The van der Waals surface area contributed by atoms with Crippen LogP contribution in [0, 0.1) is 5.92 Å². The molecule has 0 unspecified atom stereocenters. The zero-order valence-electron chi connectivity index (χ0n) is 15.1. The standard InChI is InChI=1S/C21H24N2O3/c1-3-26-19-11-9-18(10-12-19)22-21(25)17-13-20(24)23(14-17)15(2)16-7-5-4-6-8-16/h4-12,15,17H,3,13-14H2,1-2H3,(H,22,25)/t15-,17+/m1/s1. The van der Waals surface area contributed by atoms with Gasteiger partial charge in [0.2, 0.25) is 11.8 Å². The van der Waals surface area contributed by atoms with Crippen LogP contribution >= 0.6 is 0 Å². The highest BCUT2D eigenvalue weighted by atomic mass is 16.5. The van der Waals surface area contributed by atoms with E-state index < -0.39 is 0 Å². The van der Waals surface area contributed by atoms with Gasteiger partial charge in [-0.1, -0.05) is 30.3 Å². The highest BCUT2D eigenvalue weighted by molar-refractivity contribution is 5.97. The van der Waals surface area contributed by atoms with E-state index in [0.29, 0.717) is 18.8 Å². The molecule has 2 atom stereocenters. The van der Waals surface area contributed by atoms with Crippen molar-refractivity contribution in [3.8, 4) is 5.75 Å². The molecule has 1 saturated heterocycles. The minimum Gasteiger partial charge on any atom is -0.494 e. The van der Waals surface area contributed by atoms with Gasteiger partial charge >= 0.3 is 0 Å². The van der Waals surface area contributed by atoms with Gasteiger partial charge in [0.15, 0.2) is 0 Å². The molecular formula is C21H24N2O3. The van der Waals surface area contributed by atoms with Gasteiger partial charge in [-0.15, -0.1) is 0 Å². The van der Waals surface area contributed by atoms with Crippen LogP contribution in [-0.2, 0) is 9.59 Å². The van der Waals surface area contributed by atoms with E-state index in [0.717, 1.165) is 11.3 Å². The summed E-state index contributed by atoms with van der Waals surface area (Å²) in [7, 11) is 0. The first-order chi connectivity index (χ1) is 12.6. The molecule has 5 heteroatoms. The third-order valence-corrected chi connectivity index (χ3v) is 4.71. The van der Waals surface area contributed by atoms with E-state index in [1.807, 2.05) is 68.4 Å². The van der Waals surface area contributed by atoms with Crippen LogP contribution in [-0.4, -0.2) is 29.9 Å². The maximum Gasteiger partial charge on any atom is 0.229 e. The van der Waals surface area contributed by atoms with Crippen molar-refractivity contribution in [3.05, 3.63) is 60.2 Å². The average Bonchev–Trinajstić information content (AvgIpc) is 3.05. The van der Waals surface area contributed by atoms with E-state index in [-0.39, 0.29) is 30.2 Å². The molecule has 0 radical (unpaired) electrons. The second-order valence-electron chi connectivity index (χ2n) is 6.48. The van der Waals surface area contributed by atoms with Crippen molar-refractivity contribution in [2.24, 2.45) is 5.92 Å². The van der Waals surface area contributed by atoms with Crippen molar-refractivity contribution in [3.63, 3.8) is 0 Å². The van der Waals surface area contributed by atoms with Gasteiger partial charge in [0.05, 0.1) is 18.6 Å². The Morgan fingerprint density at radius 1 is 1.19 bits per heavy atom. The molecule has 1 aliphatic rings. The SMILES string of the molecule is CCOc1ccc(NC(=O)[C@H]2CC(=O)N([C@H](C)c3ccccc3)C2)cc1. The summed E-state index contributed by atoms with van der Waals surface area (Å²) in [5.74, 6) is 0.336. The first-order valence-corrected chi connectivity index (χ1v) is 8.96. The van der Waals surface area contributed by atoms with E-state index in [9.17, 15) is 9.59 Å². The van der Waals surface area contributed by atoms with Crippen LogP contribution in [0.1, 0.15) is 31.9 Å². The van der Waals surface area contributed by atoms with Crippen molar-refractivity contribution in [2.45, 2.75) is 26.3 Å². The Labute approximate surface area is 154 Å². The molecule has 2 aromatic rings. The molecule has 3 rings (SSSR count). The molecule has 2 aromatic carbocycles. The number of hydrogen-bond acceptors (Lipinski definition) is 3. The average molecular weight is 352 g/mol. The number of likely N-dealkylation sites (tertiary alicyclic amines) is 1. The minimum absolute atomic E-state index is 0.0215. The van der Waals surface area contributed by atoms with Gasteiger partial charge in [-0.3, -0.25) is 9.59 Å². The van der Waals surface area contributed by atoms with Crippen LogP contribution in [0.2, 0.25) is 0 Å². The number of carbonyl (C=O) groups is 2. The summed E-state index contributed by atoms with van der Waals surface area (Å²) in [6.45, 7) is 4.97. The lowest BCUT2D eigenvalue weighted by molar-refractivity contribution is -0.129. The fourth-order valence-electron chi connectivity index (χ4n) is 3.24. The predicted molar refractivity (Wildman–Crippen MR) is 101 cm³/mol. The summed E-state index contributed by atoms with van der Waals surface area (Å²) in [5.41, 5.74) is 1.79. The van der Waals surface area contributed by atoms with E-state index in [2.05, 4.69) is 5.32 Å². The highest BCUT2D eigenvalue weighted by Gasteiger charge is 2.36. The van der Waals surface area contributed by atoms with E-state index >= 15 is 0 Å². The fraction of sp³-hybridized carbons (Fsp3) is 0.333.